The van der Waals surface area contributed by atoms with Crippen LogP contribution in [0.5, 0.6) is 0 Å². The second-order valence-corrected chi connectivity index (χ2v) is 9.53. The predicted octanol–water partition coefficient (Wildman–Crippen LogP) is 7.85. The van der Waals surface area contributed by atoms with E-state index in [0.717, 1.165) is 49.0 Å². The first-order valence-corrected chi connectivity index (χ1v) is 14.0. The van der Waals surface area contributed by atoms with Crippen molar-refractivity contribution in [1.29, 1.82) is 0 Å². The topological polar surface area (TPSA) is 70.9 Å². The van der Waals surface area contributed by atoms with Crippen molar-refractivity contribution < 1.29 is 0 Å². The van der Waals surface area contributed by atoms with E-state index in [1.807, 2.05) is 77.1 Å². The van der Waals surface area contributed by atoms with E-state index in [1.165, 1.54) is 22.3 Å². The van der Waals surface area contributed by atoms with Crippen LogP contribution in [0.2, 0.25) is 0 Å². The number of rotatable bonds is 10. The number of pyridine rings is 5. The third-order valence-corrected chi connectivity index (χ3v) is 6.97. The summed E-state index contributed by atoms with van der Waals surface area (Å²) in [7, 11) is 0. The van der Waals surface area contributed by atoms with Crippen molar-refractivity contribution in [3.8, 4) is 0 Å². The third-order valence-electron chi connectivity index (χ3n) is 6.97. The fourth-order valence-corrected chi connectivity index (χ4v) is 4.58. The van der Waals surface area contributed by atoms with Gasteiger partial charge in [-0.2, -0.15) is 0 Å². The van der Waals surface area contributed by atoms with Crippen LogP contribution in [-0.4, -0.2) is 24.9 Å². The first kappa shape index (κ1) is 26.9. The van der Waals surface area contributed by atoms with Crippen molar-refractivity contribution in [1.82, 2.24) is 24.9 Å². The molecule has 0 aromatic carbocycles. The summed E-state index contributed by atoms with van der Waals surface area (Å²) in [5.74, 6) is 4.51. The van der Waals surface area contributed by atoms with Gasteiger partial charge in [-0.05, 0) is 109 Å². The van der Waals surface area contributed by atoms with Gasteiger partial charge in [-0.25, -0.2) is 24.9 Å². The summed E-state index contributed by atoms with van der Waals surface area (Å²) in [5, 5.41) is 0. The summed E-state index contributed by atoms with van der Waals surface area (Å²) in [4.78, 5) is 28.2. The average molecular weight is 530 g/mol. The Kier molecular flexibility index (Phi) is 8.40. The quantitative estimate of drug-likeness (QED) is 0.182. The second kappa shape index (κ2) is 12.5. The van der Waals surface area contributed by atoms with E-state index in [-0.39, 0.29) is 0 Å². The van der Waals surface area contributed by atoms with Crippen molar-refractivity contribution in [2.45, 2.75) is 53.4 Å². The second-order valence-electron chi connectivity index (χ2n) is 9.53. The number of hydrogen-bond acceptors (Lipinski definition) is 7. The van der Waals surface area contributed by atoms with Gasteiger partial charge in [-0.3, -0.25) is 9.80 Å². The number of aryl methyl sites for hydroxylation is 4. The molecular formula is C33H35N7. The standard InChI is InChI=1S/C33H35N7/c1-5-24-12-16-34-30(20-24)39(31-21-25(6-2)13-17-35-31)28-10-9-11-29(38-28)40(32-22-26(7-3)14-18-36-32)33-23-27(8-4)15-19-37-33/h9-23H,5-8H2,1-4H3. The summed E-state index contributed by atoms with van der Waals surface area (Å²) >= 11 is 0. The van der Waals surface area contributed by atoms with Crippen LogP contribution in [0.1, 0.15) is 49.9 Å². The van der Waals surface area contributed by atoms with Crippen molar-refractivity contribution in [3.63, 3.8) is 0 Å². The van der Waals surface area contributed by atoms with Gasteiger partial charge in [-0.1, -0.05) is 33.8 Å². The Morgan fingerprint density at radius 2 is 0.725 bits per heavy atom. The third kappa shape index (κ3) is 5.83. The molecule has 0 radical (unpaired) electrons. The van der Waals surface area contributed by atoms with Crippen LogP contribution in [0.25, 0.3) is 0 Å². The largest absolute Gasteiger partial charge is 0.262 e. The van der Waals surface area contributed by atoms with Gasteiger partial charge in [0, 0.05) is 24.8 Å². The van der Waals surface area contributed by atoms with E-state index >= 15 is 0 Å². The summed E-state index contributed by atoms with van der Waals surface area (Å²) in [6.45, 7) is 8.58. The van der Waals surface area contributed by atoms with E-state index in [0.29, 0.717) is 11.6 Å². The maximum atomic E-state index is 5.19. The van der Waals surface area contributed by atoms with E-state index < -0.39 is 0 Å². The van der Waals surface area contributed by atoms with Crippen LogP contribution in [-0.2, 0) is 25.7 Å². The minimum Gasteiger partial charge on any atom is -0.262 e. The minimum absolute atomic E-state index is 0.710. The lowest BCUT2D eigenvalue weighted by Crippen LogP contribution is -2.18. The zero-order valence-electron chi connectivity index (χ0n) is 23.6. The number of nitrogens with zero attached hydrogens (tertiary/aromatic N) is 7. The van der Waals surface area contributed by atoms with Crippen molar-refractivity contribution in [2.75, 3.05) is 9.80 Å². The molecule has 0 atom stereocenters. The minimum atomic E-state index is 0.710. The maximum absolute atomic E-state index is 5.19. The van der Waals surface area contributed by atoms with Crippen LogP contribution >= 0.6 is 0 Å². The summed E-state index contributed by atoms with van der Waals surface area (Å²) in [6.07, 6.45) is 11.0. The molecule has 0 aliphatic rings. The highest BCUT2D eigenvalue weighted by Gasteiger charge is 2.22. The van der Waals surface area contributed by atoms with Gasteiger partial charge in [0.25, 0.3) is 0 Å². The van der Waals surface area contributed by atoms with Crippen LogP contribution in [0.15, 0.2) is 91.5 Å². The van der Waals surface area contributed by atoms with E-state index in [1.54, 1.807) is 0 Å². The summed E-state index contributed by atoms with van der Waals surface area (Å²) < 4.78 is 0. The van der Waals surface area contributed by atoms with E-state index in [4.69, 9.17) is 24.9 Å². The molecular weight excluding hydrogens is 494 g/mol. The Bertz CT molecular complexity index is 1370. The highest BCUT2D eigenvalue weighted by molar-refractivity contribution is 5.75. The molecule has 5 heterocycles. The van der Waals surface area contributed by atoms with Gasteiger partial charge in [0.05, 0.1) is 0 Å². The Hall–Kier alpha value is -4.65. The van der Waals surface area contributed by atoms with Crippen LogP contribution < -0.4 is 9.80 Å². The molecule has 0 amide bonds. The van der Waals surface area contributed by atoms with Crippen LogP contribution in [0.4, 0.5) is 34.9 Å². The van der Waals surface area contributed by atoms with Crippen molar-refractivity contribution in [2.24, 2.45) is 0 Å². The van der Waals surface area contributed by atoms with Crippen molar-refractivity contribution >= 4 is 34.9 Å². The van der Waals surface area contributed by atoms with Gasteiger partial charge in [0.2, 0.25) is 0 Å². The normalized spacial score (nSPS) is 10.9. The van der Waals surface area contributed by atoms with E-state index in [2.05, 4.69) is 52.0 Å². The molecule has 0 saturated heterocycles. The molecule has 7 heteroatoms. The monoisotopic (exact) mass is 529 g/mol. The molecule has 7 nitrogen and oxygen atoms in total. The zero-order valence-corrected chi connectivity index (χ0v) is 23.6. The molecule has 0 spiro atoms. The SMILES string of the molecule is CCc1ccnc(N(c2cc(CC)ccn2)c2cccc(N(c3cc(CC)ccn3)c3cc(CC)ccn3)n2)c1. The first-order valence-electron chi connectivity index (χ1n) is 14.0. The molecule has 5 rings (SSSR count). The van der Waals surface area contributed by atoms with Crippen LogP contribution in [0, 0.1) is 0 Å². The molecule has 5 aromatic heterocycles. The van der Waals surface area contributed by atoms with Gasteiger partial charge in [0.1, 0.15) is 34.9 Å². The lowest BCUT2D eigenvalue weighted by Gasteiger charge is -2.26. The maximum Gasteiger partial charge on any atom is 0.142 e. The first-order chi connectivity index (χ1) is 19.6. The fraction of sp³-hybridized carbons (Fsp3) is 0.242. The van der Waals surface area contributed by atoms with Crippen molar-refractivity contribution in [3.05, 3.63) is 114 Å². The molecule has 0 fully saturated rings. The summed E-state index contributed by atoms with van der Waals surface area (Å²) in [6, 6.07) is 22.6. The average Bonchev–Trinajstić information content (AvgIpc) is 3.02. The zero-order chi connectivity index (χ0) is 27.9. The molecule has 0 bridgehead atoms. The summed E-state index contributed by atoms with van der Waals surface area (Å²) in [5.41, 5.74) is 4.78. The van der Waals surface area contributed by atoms with Gasteiger partial charge in [-0.15, -0.1) is 0 Å². The Labute approximate surface area is 236 Å². The molecule has 0 unspecified atom stereocenters. The number of anilines is 6. The smallest absolute Gasteiger partial charge is 0.142 e. The molecule has 0 saturated carbocycles. The molecule has 5 aromatic rings. The predicted molar refractivity (Wildman–Crippen MR) is 162 cm³/mol. The molecule has 0 N–H and O–H groups in total. The Morgan fingerprint density at radius 1 is 0.425 bits per heavy atom. The highest BCUT2D eigenvalue weighted by Crippen LogP contribution is 2.36. The molecule has 202 valence electrons. The van der Waals surface area contributed by atoms with Gasteiger partial charge < -0.3 is 0 Å². The van der Waals surface area contributed by atoms with Crippen LogP contribution in [0.3, 0.4) is 0 Å². The molecule has 0 aliphatic carbocycles. The molecule has 0 aliphatic heterocycles. The fourth-order valence-electron chi connectivity index (χ4n) is 4.58. The number of hydrogen-bond donors (Lipinski definition) is 0. The van der Waals surface area contributed by atoms with E-state index in [9.17, 15) is 0 Å². The Morgan fingerprint density at radius 3 is 1.00 bits per heavy atom. The highest BCUT2D eigenvalue weighted by atomic mass is 15.3. The number of aromatic nitrogens is 5. The van der Waals surface area contributed by atoms with Gasteiger partial charge >= 0.3 is 0 Å². The molecule has 40 heavy (non-hydrogen) atoms. The lowest BCUT2D eigenvalue weighted by atomic mass is 10.2. The van der Waals surface area contributed by atoms with Gasteiger partial charge in [0.15, 0.2) is 0 Å². The lowest BCUT2D eigenvalue weighted by molar-refractivity contribution is 1.02. The Balaban J connectivity index is 1.69.